The first-order chi connectivity index (χ1) is 10.5. The van der Waals surface area contributed by atoms with Crippen molar-refractivity contribution in [1.82, 2.24) is 0 Å². The van der Waals surface area contributed by atoms with E-state index < -0.39 is 18.5 Å². The van der Waals surface area contributed by atoms with Crippen molar-refractivity contribution in [3.05, 3.63) is 58.1 Å². The van der Waals surface area contributed by atoms with Gasteiger partial charge in [0.25, 0.3) is 5.91 Å². The summed E-state index contributed by atoms with van der Waals surface area (Å²) < 4.78 is 4.83. The van der Waals surface area contributed by atoms with Crippen LogP contribution < -0.4 is 5.32 Å². The summed E-state index contributed by atoms with van der Waals surface area (Å²) >= 11 is 11.5. The van der Waals surface area contributed by atoms with E-state index in [0.29, 0.717) is 10.7 Å². The molecular weight excluding hydrogens is 329 g/mol. The van der Waals surface area contributed by atoms with Gasteiger partial charge in [-0.15, -0.1) is 0 Å². The van der Waals surface area contributed by atoms with E-state index in [2.05, 4.69) is 5.32 Å². The Morgan fingerprint density at radius 1 is 1.05 bits per heavy atom. The van der Waals surface area contributed by atoms with Gasteiger partial charge in [0.1, 0.15) is 11.3 Å². The van der Waals surface area contributed by atoms with E-state index in [9.17, 15) is 14.7 Å². The first kappa shape index (κ1) is 16.1. The van der Waals surface area contributed by atoms with Crippen LogP contribution in [0.2, 0.25) is 10.0 Å². The van der Waals surface area contributed by atoms with Crippen molar-refractivity contribution < 1.29 is 19.4 Å². The smallest absolute Gasteiger partial charge is 0.342 e. The summed E-state index contributed by atoms with van der Waals surface area (Å²) in [5.74, 6) is -1.63. The lowest BCUT2D eigenvalue weighted by atomic mass is 10.2. The molecule has 0 unspecified atom stereocenters. The van der Waals surface area contributed by atoms with Crippen molar-refractivity contribution in [1.29, 1.82) is 0 Å². The Morgan fingerprint density at radius 2 is 1.68 bits per heavy atom. The van der Waals surface area contributed by atoms with Gasteiger partial charge >= 0.3 is 5.97 Å². The van der Waals surface area contributed by atoms with Crippen LogP contribution >= 0.6 is 23.2 Å². The Morgan fingerprint density at radius 3 is 2.36 bits per heavy atom. The van der Waals surface area contributed by atoms with Crippen LogP contribution in [0, 0.1) is 0 Å². The molecule has 5 nitrogen and oxygen atoms in total. The lowest BCUT2D eigenvalue weighted by Gasteiger charge is -2.08. The predicted molar refractivity (Wildman–Crippen MR) is 83.5 cm³/mol. The van der Waals surface area contributed by atoms with Crippen molar-refractivity contribution in [2.45, 2.75) is 0 Å². The van der Waals surface area contributed by atoms with Crippen LogP contribution in [0.3, 0.4) is 0 Å². The molecule has 0 spiro atoms. The number of esters is 1. The summed E-state index contributed by atoms with van der Waals surface area (Å²) in [4.78, 5) is 23.5. The average Bonchev–Trinajstić information content (AvgIpc) is 2.49. The zero-order valence-corrected chi connectivity index (χ0v) is 12.7. The number of phenols is 1. The molecule has 22 heavy (non-hydrogen) atoms. The summed E-state index contributed by atoms with van der Waals surface area (Å²) in [5, 5.41) is 12.9. The third-order valence-corrected chi connectivity index (χ3v) is 3.13. The molecular formula is C15H11Cl2NO4. The molecule has 0 atom stereocenters. The fourth-order valence-corrected chi connectivity index (χ4v) is 1.91. The molecule has 0 radical (unpaired) electrons. The number of halogens is 2. The van der Waals surface area contributed by atoms with Crippen LogP contribution in [-0.2, 0) is 9.53 Å². The van der Waals surface area contributed by atoms with Crippen LogP contribution in [-0.4, -0.2) is 23.6 Å². The molecule has 2 aromatic rings. The highest BCUT2D eigenvalue weighted by Gasteiger charge is 2.15. The van der Waals surface area contributed by atoms with E-state index in [-0.39, 0.29) is 16.3 Å². The Kier molecular flexibility index (Phi) is 5.25. The molecule has 0 saturated heterocycles. The van der Waals surface area contributed by atoms with Gasteiger partial charge in [-0.3, -0.25) is 4.79 Å². The Hall–Kier alpha value is -2.24. The summed E-state index contributed by atoms with van der Waals surface area (Å²) in [6, 6.07) is 10.4. The summed E-state index contributed by atoms with van der Waals surface area (Å²) in [6.07, 6.45) is 0. The predicted octanol–water partition coefficient (Wildman–Crippen LogP) is 3.49. The molecule has 0 aliphatic rings. The largest absolute Gasteiger partial charge is 0.507 e. The molecule has 2 rings (SSSR count). The van der Waals surface area contributed by atoms with Gasteiger partial charge in [-0.1, -0.05) is 23.2 Å². The van der Waals surface area contributed by atoms with E-state index in [1.54, 1.807) is 24.3 Å². The number of carbonyl (C=O) groups is 2. The van der Waals surface area contributed by atoms with Gasteiger partial charge in [0, 0.05) is 15.7 Å². The second-order valence-corrected chi connectivity index (χ2v) is 5.17. The number of ether oxygens (including phenoxy) is 1. The molecule has 2 aromatic carbocycles. The quantitative estimate of drug-likeness (QED) is 0.836. The molecule has 0 bridgehead atoms. The van der Waals surface area contributed by atoms with Crippen molar-refractivity contribution in [3.8, 4) is 5.75 Å². The normalized spacial score (nSPS) is 10.1. The minimum atomic E-state index is -0.841. The second kappa shape index (κ2) is 7.15. The van der Waals surface area contributed by atoms with Crippen molar-refractivity contribution in [2.24, 2.45) is 0 Å². The third kappa shape index (κ3) is 4.38. The number of carbonyl (C=O) groups excluding carboxylic acids is 2. The number of aromatic hydroxyl groups is 1. The Bertz CT molecular complexity index is 701. The Labute approximate surface area is 136 Å². The van der Waals surface area contributed by atoms with Crippen LogP contribution in [0.15, 0.2) is 42.5 Å². The molecule has 7 heteroatoms. The Balaban J connectivity index is 1.91. The van der Waals surface area contributed by atoms with Gasteiger partial charge in [-0.25, -0.2) is 4.79 Å². The van der Waals surface area contributed by atoms with Crippen LogP contribution in [0.1, 0.15) is 10.4 Å². The third-order valence-electron chi connectivity index (χ3n) is 2.64. The fourth-order valence-electron chi connectivity index (χ4n) is 1.61. The van der Waals surface area contributed by atoms with Gasteiger partial charge in [-0.05, 0) is 42.5 Å². The summed E-state index contributed by atoms with van der Waals surface area (Å²) in [5.41, 5.74) is 0.419. The van der Waals surface area contributed by atoms with Crippen molar-refractivity contribution in [2.75, 3.05) is 11.9 Å². The highest BCUT2D eigenvalue weighted by Crippen LogP contribution is 2.22. The van der Waals surface area contributed by atoms with Crippen molar-refractivity contribution in [3.63, 3.8) is 0 Å². The first-order valence-electron chi connectivity index (χ1n) is 6.17. The fraction of sp³-hybridized carbons (Fsp3) is 0.0667. The molecule has 0 heterocycles. The first-order valence-corrected chi connectivity index (χ1v) is 6.92. The number of benzene rings is 2. The number of phenolic OH excluding ortho intramolecular Hbond substituents is 1. The number of amides is 1. The minimum Gasteiger partial charge on any atom is -0.507 e. The summed E-state index contributed by atoms with van der Waals surface area (Å²) in [7, 11) is 0. The monoisotopic (exact) mass is 339 g/mol. The number of nitrogens with one attached hydrogen (secondary N) is 1. The highest BCUT2D eigenvalue weighted by atomic mass is 35.5. The zero-order valence-electron chi connectivity index (χ0n) is 11.2. The van der Waals surface area contributed by atoms with Crippen LogP contribution in [0.5, 0.6) is 5.75 Å². The number of anilines is 1. The zero-order chi connectivity index (χ0) is 16.1. The molecule has 0 saturated carbocycles. The molecule has 114 valence electrons. The van der Waals surface area contributed by atoms with Gasteiger partial charge in [0.05, 0.1) is 0 Å². The summed E-state index contributed by atoms with van der Waals surface area (Å²) in [6.45, 7) is -0.493. The highest BCUT2D eigenvalue weighted by molar-refractivity contribution is 6.31. The van der Waals surface area contributed by atoms with Crippen molar-refractivity contribution >= 4 is 40.8 Å². The maximum atomic E-state index is 11.8. The maximum Gasteiger partial charge on any atom is 0.342 e. The van der Waals surface area contributed by atoms with E-state index >= 15 is 0 Å². The SMILES string of the molecule is O=C(COC(=O)c1cc(Cl)ccc1O)Nc1ccc(Cl)cc1. The standard InChI is InChI=1S/C15H11Cl2NO4/c16-9-1-4-11(5-2-9)18-14(20)8-22-15(21)12-7-10(17)3-6-13(12)19/h1-7,19H,8H2,(H,18,20). The molecule has 0 aliphatic carbocycles. The maximum absolute atomic E-state index is 11.8. The topological polar surface area (TPSA) is 75.6 Å². The molecule has 0 fully saturated rings. The van der Waals surface area contributed by atoms with Gasteiger partial charge in [-0.2, -0.15) is 0 Å². The van der Waals surface area contributed by atoms with Gasteiger partial charge in [0.2, 0.25) is 0 Å². The number of rotatable bonds is 4. The molecule has 0 aliphatic heterocycles. The van der Waals surface area contributed by atoms with Crippen LogP contribution in [0.25, 0.3) is 0 Å². The minimum absolute atomic E-state index is 0.105. The average molecular weight is 340 g/mol. The number of hydrogen-bond acceptors (Lipinski definition) is 4. The lowest BCUT2D eigenvalue weighted by molar-refractivity contribution is -0.119. The van der Waals surface area contributed by atoms with E-state index in [4.69, 9.17) is 27.9 Å². The number of hydrogen-bond donors (Lipinski definition) is 2. The van der Waals surface area contributed by atoms with Gasteiger partial charge in [0.15, 0.2) is 6.61 Å². The van der Waals surface area contributed by atoms with E-state index in [1.807, 2.05) is 0 Å². The lowest BCUT2D eigenvalue weighted by Crippen LogP contribution is -2.20. The van der Waals surface area contributed by atoms with E-state index in [0.717, 1.165) is 0 Å². The van der Waals surface area contributed by atoms with Gasteiger partial charge < -0.3 is 15.2 Å². The molecule has 1 amide bonds. The second-order valence-electron chi connectivity index (χ2n) is 4.29. The molecule has 2 N–H and O–H groups in total. The van der Waals surface area contributed by atoms with E-state index in [1.165, 1.54) is 18.2 Å². The van der Waals surface area contributed by atoms with Crippen LogP contribution in [0.4, 0.5) is 5.69 Å². The molecule has 0 aromatic heterocycles.